The van der Waals surface area contributed by atoms with Crippen LogP contribution in [0.5, 0.6) is 11.5 Å². The molecule has 0 saturated heterocycles. The van der Waals surface area contributed by atoms with E-state index >= 15 is 0 Å². The summed E-state index contributed by atoms with van der Waals surface area (Å²) in [5.41, 5.74) is 6.44. The number of hydrogen-bond donors (Lipinski definition) is 2. The number of benzene rings is 2. The summed E-state index contributed by atoms with van der Waals surface area (Å²) >= 11 is 5.91. The van der Waals surface area contributed by atoms with Crippen molar-refractivity contribution < 1.29 is 19.1 Å². The molecule has 6 nitrogen and oxygen atoms in total. The Kier molecular flexibility index (Phi) is 6.25. The van der Waals surface area contributed by atoms with Gasteiger partial charge in [0.25, 0.3) is 11.8 Å². The number of carbonyl (C=O) groups excluding carboxylic acids is 2. The van der Waals surface area contributed by atoms with Crippen LogP contribution in [-0.4, -0.2) is 24.5 Å². The van der Waals surface area contributed by atoms with Gasteiger partial charge in [-0.25, -0.2) is 0 Å². The van der Waals surface area contributed by atoms with E-state index in [1.165, 1.54) is 0 Å². The summed E-state index contributed by atoms with van der Waals surface area (Å²) in [6.07, 6.45) is -0.689. The van der Waals surface area contributed by atoms with Gasteiger partial charge in [-0.2, -0.15) is 0 Å². The molecule has 2 aromatic carbocycles. The lowest BCUT2D eigenvalue weighted by atomic mass is 10.2. The van der Waals surface area contributed by atoms with E-state index in [0.29, 0.717) is 22.2 Å². The third-order valence-corrected chi connectivity index (χ3v) is 3.55. The molecule has 1 unspecified atom stereocenters. The van der Waals surface area contributed by atoms with Gasteiger partial charge >= 0.3 is 0 Å². The largest absolute Gasteiger partial charge is 0.484 e. The van der Waals surface area contributed by atoms with E-state index in [1.807, 2.05) is 6.92 Å². The van der Waals surface area contributed by atoms with E-state index in [-0.39, 0.29) is 12.5 Å². The highest BCUT2D eigenvalue weighted by Gasteiger charge is 2.16. The zero-order valence-electron chi connectivity index (χ0n) is 13.9. The van der Waals surface area contributed by atoms with Crippen LogP contribution in [0.2, 0.25) is 5.02 Å². The molecular weight excluding hydrogens is 344 g/mol. The SMILES string of the molecule is Cc1cc(Cl)ccc1OC(C)C(=O)Nc1ccc(OCC(N)=O)cc1. The fourth-order valence-corrected chi connectivity index (χ4v) is 2.25. The molecule has 0 aliphatic heterocycles. The Balaban J connectivity index is 1.93. The van der Waals surface area contributed by atoms with Crippen LogP contribution in [-0.2, 0) is 9.59 Å². The number of primary amides is 1. The first-order chi connectivity index (χ1) is 11.8. The number of ether oxygens (including phenoxy) is 2. The molecular formula is C18H19ClN2O4. The molecule has 0 radical (unpaired) electrons. The number of nitrogens with two attached hydrogens (primary N) is 1. The van der Waals surface area contributed by atoms with Crippen molar-refractivity contribution in [3.63, 3.8) is 0 Å². The van der Waals surface area contributed by atoms with Gasteiger partial charge in [-0.3, -0.25) is 9.59 Å². The molecule has 3 N–H and O–H groups in total. The molecule has 0 aromatic heterocycles. The van der Waals surface area contributed by atoms with Crippen LogP contribution in [0.1, 0.15) is 12.5 Å². The van der Waals surface area contributed by atoms with Crippen LogP contribution in [0.3, 0.4) is 0 Å². The summed E-state index contributed by atoms with van der Waals surface area (Å²) in [5.74, 6) is 0.237. The van der Waals surface area contributed by atoms with E-state index in [4.69, 9.17) is 26.8 Å². The minimum absolute atomic E-state index is 0.197. The van der Waals surface area contributed by atoms with Crippen molar-refractivity contribution in [3.05, 3.63) is 53.1 Å². The van der Waals surface area contributed by atoms with Crippen LogP contribution >= 0.6 is 11.6 Å². The summed E-state index contributed by atoms with van der Waals surface area (Å²) in [7, 11) is 0. The molecule has 0 heterocycles. The Labute approximate surface area is 150 Å². The molecule has 2 amide bonds. The molecule has 25 heavy (non-hydrogen) atoms. The lowest BCUT2D eigenvalue weighted by molar-refractivity contribution is -0.122. The third-order valence-electron chi connectivity index (χ3n) is 3.31. The molecule has 0 fully saturated rings. The van der Waals surface area contributed by atoms with Crippen LogP contribution in [0.4, 0.5) is 5.69 Å². The quantitative estimate of drug-likeness (QED) is 0.792. The lowest BCUT2D eigenvalue weighted by Gasteiger charge is -2.16. The maximum Gasteiger partial charge on any atom is 0.265 e. The van der Waals surface area contributed by atoms with Gasteiger partial charge in [-0.1, -0.05) is 11.6 Å². The van der Waals surface area contributed by atoms with E-state index in [1.54, 1.807) is 49.4 Å². The first-order valence-corrected chi connectivity index (χ1v) is 7.98. The van der Waals surface area contributed by atoms with Gasteiger partial charge in [-0.15, -0.1) is 0 Å². The topological polar surface area (TPSA) is 90.7 Å². The molecule has 0 aliphatic carbocycles. The second-order valence-electron chi connectivity index (χ2n) is 5.44. The molecule has 2 aromatic rings. The first kappa shape index (κ1) is 18.6. The number of halogens is 1. The van der Waals surface area contributed by atoms with Crippen molar-refractivity contribution in [2.75, 3.05) is 11.9 Å². The fourth-order valence-electron chi connectivity index (χ4n) is 2.02. The van der Waals surface area contributed by atoms with Gasteiger partial charge in [0.05, 0.1) is 0 Å². The minimum Gasteiger partial charge on any atom is -0.484 e. The van der Waals surface area contributed by atoms with Crippen molar-refractivity contribution in [1.82, 2.24) is 0 Å². The number of nitrogens with one attached hydrogen (secondary N) is 1. The molecule has 0 spiro atoms. The van der Waals surface area contributed by atoms with Crippen molar-refractivity contribution in [2.45, 2.75) is 20.0 Å². The van der Waals surface area contributed by atoms with Gasteiger partial charge in [0.15, 0.2) is 12.7 Å². The van der Waals surface area contributed by atoms with Gasteiger partial charge in [0, 0.05) is 10.7 Å². The Morgan fingerprint density at radius 2 is 1.88 bits per heavy atom. The Hall–Kier alpha value is -2.73. The standard InChI is InChI=1S/C18H19ClN2O4/c1-11-9-13(19)3-8-16(11)25-12(2)18(23)21-14-4-6-15(7-5-14)24-10-17(20)22/h3-9,12H,10H2,1-2H3,(H2,20,22)(H,21,23). The summed E-state index contributed by atoms with van der Waals surface area (Å²) < 4.78 is 10.8. The third kappa shape index (κ3) is 5.69. The van der Waals surface area contributed by atoms with Crippen LogP contribution in [0, 0.1) is 6.92 Å². The highest BCUT2D eigenvalue weighted by Crippen LogP contribution is 2.23. The number of aryl methyl sites for hydroxylation is 1. The normalized spacial score (nSPS) is 11.5. The molecule has 0 aliphatic rings. The molecule has 2 rings (SSSR count). The van der Waals surface area contributed by atoms with Crippen molar-refractivity contribution >= 4 is 29.1 Å². The first-order valence-electron chi connectivity index (χ1n) is 7.60. The Bertz CT molecular complexity index is 762. The van der Waals surface area contributed by atoms with Crippen LogP contribution < -0.4 is 20.5 Å². The summed E-state index contributed by atoms with van der Waals surface area (Å²) in [4.78, 5) is 22.9. The van der Waals surface area contributed by atoms with Crippen molar-refractivity contribution in [1.29, 1.82) is 0 Å². The highest BCUT2D eigenvalue weighted by atomic mass is 35.5. The number of amides is 2. The van der Waals surface area contributed by atoms with E-state index in [9.17, 15) is 9.59 Å². The van der Waals surface area contributed by atoms with Gasteiger partial charge < -0.3 is 20.5 Å². The second-order valence-corrected chi connectivity index (χ2v) is 5.87. The molecule has 0 bridgehead atoms. The van der Waals surface area contributed by atoms with E-state index in [2.05, 4.69) is 5.32 Å². The molecule has 1 atom stereocenters. The van der Waals surface area contributed by atoms with Crippen LogP contribution in [0.15, 0.2) is 42.5 Å². The number of hydrogen-bond acceptors (Lipinski definition) is 4. The molecule has 0 saturated carbocycles. The van der Waals surface area contributed by atoms with Crippen molar-refractivity contribution in [2.24, 2.45) is 5.73 Å². The zero-order valence-corrected chi connectivity index (χ0v) is 14.7. The van der Waals surface area contributed by atoms with E-state index in [0.717, 1.165) is 5.56 Å². The average Bonchev–Trinajstić information content (AvgIpc) is 2.56. The number of carbonyl (C=O) groups is 2. The predicted octanol–water partition coefficient (Wildman–Crippen LogP) is 2.92. The summed E-state index contributed by atoms with van der Waals surface area (Å²) in [6.45, 7) is 3.32. The monoisotopic (exact) mass is 362 g/mol. The molecule has 132 valence electrons. The smallest absolute Gasteiger partial charge is 0.265 e. The lowest BCUT2D eigenvalue weighted by Crippen LogP contribution is -2.30. The zero-order chi connectivity index (χ0) is 18.4. The maximum atomic E-state index is 12.2. The number of rotatable bonds is 7. The van der Waals surface area contributed by atoms with Crippen LogP contribution in [0.25, 0.3) is 0 Å². The average molecular weight is 363 g/mol. The highest BCUT2D eigenvalue weighted by molar-refractivity contribution is 6.30. The van der Waals surface area contributed by atoms with Gasteiger partial charge in [0.1, 0.15) is 11.5 Å². The second kappa shape index (κ2) is 8.39. The minimum atomic E-state index is -0.689. The van der Waals surface area contributed by atoms with Crippen molar-refractivity contribution in [3.8, 4) is 11.5 Å². The summed E-state index contributed by atoms with van der Waals surface area (Å²) in [6, 6.07) is 11.8. The van der Waals surface area contributed by atoms with E-state index < -0.39 is 12.0 Å². The summed E-state index contributed by atoms with van der Waals surface area (Å²) in [5, 5.41) is 3.36. The fraction of sp³-hybridized carbons (Fsp3) is 0.222. The Morgan fingerprint density at radius 3 is 2.48 bits per heavy atom. The van der Waals surface area contributed by atoms with Gasteiger partial charge in [0.2, 0.25) is 0 Å². The molecule has 7 heteroatoms. The van der Waals surface area contributed by atoms with Gasteiger partial charge in [-0.05, 0) is 61.9 Å². The predicted molar refractivity (Wildman–Crippen MR) is 96.0 cm³/mol. The Morgan fingerprint density at radius 1 is 1.20 bits per heavy atom. The maximum absolute atomic E-state index is 12.2. The number of anilines is 1.